The van der Waals surface area contributed by atoms with E-state index in [4.69, 9.17) is 4.74 Å². The zero-order chi connectivity index (χ0) is 24.3. The van der Waals surface area contributed by atoms with Crippen LogP contribution in [0.25, 0.3) is 0 Å². The molecule has 4 rings (SSSR count). The summed E-state index contributed by atoms with van der Waals surface area (Å²) in [7, 11) is 0. The fourth-order valence-corrected chi connectivity index (χ4v) is 7.14. The van der Waals surface area contributed by atoms with Crippen molar-refractivity contribution >= 4 is 5.97 Å². The van der Waals surface area contributed by atoms with Crippen molar-refractivity contribution in [1.82, 2.24) is 0 Å². The predicted octanol–water partition coefficient (Wildman–Crippen LogP) is 8.58. The maximum Gasteiger partial charge on any atom is 0.419 e. The van der Waals surface area contributed by atoms with E-state index in [1.807, 2.05) is 0 Å². The fourth-order valence-electron chi connectivity index (χ4n) is 7.14. The molecule has 1 aromatic rings. The van der Waals surface area contributed by atoms with Crippen molar-refractivity contribution in [2.24, 2.45) is 35.5 Å². The molecule has 1 aromatic carbocycles. The van der Waals surface area contributed by atoms with Gasteiger partial charge in [0.15, 0.2) is 0 Å². The zero-order valence-electron chi connectivity index (χ0n) is 20.2. The lowest BCUT2D eigenvalue weighted by atomic mass is 9.59. The van der Waals surface area contributed by atoms with Gasteiger partial charge in [-0.2, -0.15) is 13.2 Å². The van der Waals surface area contributed by atoms with E-state index < -0.39 is 23.5 Å². The van der Waals surface area contributed by atoms with Gasteiger partial charge in [-0.15, -0.1) is 0 Å². The van der Waals surface area contributed by atoms with Crippen molar-refractivity contribution in [1.29, 1.82) is 0 Å². The molecule has 190 valence electrons. The second-order valence-electron chi connectivity index (χ2n) is 11.0. The highest BCUT2D eigenvalue weighted by Gasteiger charge is 2.43. The molecule has 0 spiro atoms. The molecule has 3 saturated carbocycles. The molecule has 6 heteroatoms. The summed E-state index contributed by atoms with van der Waals surface area (Å²) in [5.74, 6) is 1.07. The van der Waals surface area contributed by atoms with Gasteiger partial charge in [-0.05, 0) is 80.2 Å². The minimum Gasteiger partial charge on any atom is -0.426 e. The lowest BCUT2D eigenvalue weighted by molar-refractivity contribution is -0.144. The summed E-state index contributed by atoms with van der Waals surface area (Å²) in [6.07, 6.45) is 10.9. The molecule has 0 saturated heterocycles. The number of alkyl halides is 3. The third-order valence-electron chi connectivity index (χ3n) is 8.98. The Morgan fingerprint density at radius 3 is 2.38 bits per heavy atom. The number of hydrogen-bond acceptors (Lipinski definition) is 2. The Morgan fingerprint density at radius 2 is 1.71 bits per heavy atom. The normalized spacial score (nSPS) is 32.1. The lowest BCUT2D eigenvalue weighted by Gasteiger charge is -2.46. The van der Waals surface area contributed by atoms with Crippen molar-refractivity contribution in [3.8, 4) is 5.75 Å². The lowest BCUT2D eigenvalue weighted by Crippen LogP contribution is -2.40. The van der Waals surface area contributed by atoms with Gasteiger partial charge < -0.3 is 4.74 Å². The van der Waals surface area contributed by atoms with E-state index >= 15 is 0 Å². The summed E-state index contributed by atoms with van der Waals surface area (Å²) in [6.45, 7) is 2.26. The highest BCUT2D eigenvalue weighted by Crippen LogP contribution is 2.50. The van der Waals surface area contributed by atoms with E-state index in [0.717, 1.165) is 55.9 Å². The van der Waals surface area contributed by atoms with Gasteiger partial charge in [0.2, 0.25) is 0 Å². The second kappa shape index (κ2) is 11.0. The monoisotopic (exact) mass is 482 g/mol. The number of carbonyl (C=O) groups is 1. The molecule has 34 heavy (non-hydrogen) atoms. The molecule has 0 heterocycles. The summed E-state index contributed by atoms with van der Waals surface area (Å²) < 4.78 is 57.7. The number of unbranched alkanes of at least 4 members (excludes halogenated alkanes) is 1. The number of benzene rings is 1. The molecule has 3 fully saturated rings. The highest BCUT2D eigenvalue weighted by molar-refractivity contribution is 5.75. The predicted molar refractivity (Wildman–Crippen MR) is 124 cm³/mol. The van der Waals surface area contributed by atoms with Gasteiger partial charge in [0, 0.05) is 6.07 Å². The molecule has 0 aliphatic heterocycles. The molecule has 0 radical (unpaired) electrons. The van der Waals surface area contributed by atoms with E-state index in [0.29, 0.717) is 18.1 Å². The Bertz CT molecular complexity index is 828. The SMILES string of the molecule is CCCCC1CCC(C2CCC3C(CCCC3C(=O)Oc3ccc(C(F)(F)F)c(F)c3)C2)CC1. The van der Waals surface area contributed by atoms with Crippen LogP contribution in [0.3, 0.4) is 0 Å². The van der Waals surface area contributed by atoms with Gasteiger partial charge in [-0.25, -0.2) is 4.39 Å². The topological polar surface area (TPSA) is 26.3 Å². The molecule has 2 nitrogen and oxygen atoms in total. The summed E-state index contributed by atoms with van der Waals surface area (Å²) >= 11 is 0. The van der Waals surface area contributed by atoms with Crippen LogP contribution in [-0.2, 0) is 11.0 Å². The van der Waals surface area contributed by atoms with Crippen molar-refractivity contribution in [2.45, 2.75) is 96.6 Å². The molecular formula is C28H38F4O2. The average Bonchev–Trinajstić information content (AvgIpc) is 2.81. The first-order valence-electron chi connectivity index (χ1n) is 13.3. The van der Waals surface area contributed by atoms with Gasteiger partial charge in [-0.3, -0.25) is 4.79 Å². The van der Waals surface area contributed by atoms with E-state index in [2.05, 4.69) is 6.92 Å². The highest BCUT2D eigenvalue weighted by atomic mass is 19.4. The Morgan fingerprint density at radius 1 is 0.971 bits per heavy atom. The van der Waals surface area contributed by atoms with Crippen molar-refractivity contribution < 1.29 is 27.1 Å². The Kier molecular flexibility index (Phi) is 8.24. The number of rotatable bonds is 6. The number of ether oxygens (including phenoxy) is 1. The molecular weight excluding hydrogens is 444 g/mol. The van der Waals surface area contributed by atoms with Crippen molar-refractivity contribution in [2.75, 3.05) is 0 Å². The second-order valence-corrected chi connectivity index (χ2v) is 11.0. The molecule has 4 unspecified atom stereocenters. The van der Waals surface area contributed by atoms with E-state index in [1.165, 1.54) is 51.4 Å². The Labute approximate surface area is 200 Å². The molecule has 0 aromatic heterocycles. The minimum absolute atomic E-state index is 0.147. The first-order valence-corrected chi connectivity index (χ1v) is 13.3. The van der Waals surface area contributed by atoms with Gasteiger partial charge in [-0.1, -0.05) is 51.9 Å². The van der Waals surface area contributed by atoms with E-state index in [9.17, 15) is 22.4 Å². The zero-order valence-corrected chi connectivity index (χ0v) is 20.2. The Balaban J connectivity index is 1.32. The molecule has 0 amide bonds. The molecule has 0 N–H and O–H groups in total. The number of hydrogen-bond donors (Lipinski definition) is 0. The smallest absolute Gasteiger partial charge is 0.419 e. The van der Waals surface area contributed by atoms with Gasteiger partial charge >= 0.3 is 12.1 Å². The summed E-state index contributed by atoms with van der Waals surface area (Å²) in [5.41, 5.74) is -1.34. The first kappa shape index (κ1) is 25.5. The van der Waals surface area contributed by atoms with Crippen LogP contribution in [0.1, 0.15) is 96.0 Å². The minimum atomic E-state index is -4.77. The van der Waals surface area contributed by atoms with Crippen LogP contribution >= 0.6 is 0 Å². The van der Waals surface area contributed by atoms with Crippen LogP contribution in [-0.4, -0.2) is 5.97 Å². The van der Waals surface area contributed by atoms with Crippen LogP contribution in [0.15, 0.2) is 18.2 Å². The maximum absolute atomic E-state index is 13.9. The van der Waals surface area contributed by atoms with Gasteiger partial charge in [0.05, 0.1) is 11.5 Å². The van der Waals surface area contributed by atoms with Crippen LogP contribution in [0.5, 0.6) is 5.75 Å². The number of esters is 1. The van der Waals surface area contributed by atoms with Crippen LogP contribution < -0.4 is 4.74 Å². The Hall–Kier alpha value is -1.59. The van der Waals surface area contributed by atoms with E-state index in [1.54, 1.807) is 0 Å². The first-order chi connectivity index (χ1) is 16.3. The van der Waals surface area contributed by atoms with Crippen LogP contribution in [0.4, 0.5) is 17.6 Å². The van der Waals surface area contributed by atoms with Gasteiger partial charge in [0.25, 0.3) is 0 Å². The molecule has 4 atom stereocenters. The van der Waals surface area contributed by atoms with Gasteiger partial charge in [0.1, 0.15) is 11.6 Å². The van der Waals surface area contributed by atoms with Crippen molar-refractivity contribution in [3.63, 3.8) is 0 Å². The maximum atomic E-state index is 13.9. The van der Waals surface area contributed by atoms with Crippen LogP contribution in [0, 0.1) is 41.3 Å². The summed E-state index contributed by atoms with van der Waals surface area (Å²) in [5, 5.41) is 0. The molecule has 3 aliphatic carbocycles. The van der Waals surface area contributed by atoms with Crippen molar-refractivity contribution in [3.05, 3.63) is 29.6 Å². The molecule has 0 bridgehead atoms. The third-order valence-corrected chi connectivity index (χ3v) is 8.98. The fraction of sp³-hybridized carbons (Fsp3) is 0.750. The third kappa shape index (κ3) is 5.96. The number of carbonyl (C=O) groups excluding carboxylic acids is 1. The largest absolute Gasteiger partial charge is 0.426 e. The quantitative estimate of drug-likeness (QED) is 0.231. The average molecular weight is 483 g/mol. The number of halogens is 4. The summed E-state index contributed by atoms with van der Waals surface area (Å²) in [4.78, 5) is 13.0. The van der Waals surface area contributed by atoms with E-state index in [-0.39, 0.29) is 17.6 Å². The standard InChI is InChI=1S/C28H38F4O2/c1-2-3-5-18-8-10-19(11-9-18)20-12-14-23-21(16-20)6-4-7-24(23)27(33)34-22-13-15-25(26(29)17-22)28(30,31)32/h13,15,17-21,23-24H,2-12,14,16H2,1H3. The summed E-state index contributed by atoms with van der Waals surface area (Å²) in [6, 6.07) is 2.36. The number of fused-ring (bicyclic) bond motifs is 1. The van der Waals surface area contributed by atoms with Crippen LogP contribution in [0.2, 0.25) is 0 Å². The molecule has 3 aliphatic rings.